The van der Waals surface area contributed by atoms with Gasteiger partial charge in [-0.2, -0.15) is 0 Å². The molecular weight excluding hydrogens is 212 g/mol. The van der Waals surface area contributed by atoms with Crippen LogP contribution in [0.15, 0.2) is 12.3 Å². The van der Waals surface area contributed by atoms with Gasteiger partial charge in [0.15, 0.2) is 0 Å². The van der Waals surface area contributed by atoms with E-state index in [0.29, 0.717) is 5.92 Å². The average Bonchev–Trinajstić information content (AvgIpc) is 2.37. The summed E-state index contributed by atoms with van der Waals surface area (Å²) in [4.78, 5) is 11.4. The predicted molar refractivity (Wildman–Crippen MR) is 68.9 cm³/mol. The van der Waals surface area contributed by atoms with Gasteiger partial charge in [0.25, 0.3) is 0 Å². The fourth-order valence-electron chi connectivity index (χ4n) is 2.27. The molecule has 1 fully saturated rings. The van der Waals surface area contributed by atoms with Crippen LogP contribution >= 0.6 is 0 Å². The summed E-state index contributed by atoms with van der Waals surface area (Å²) in [7, 11) is 2.19. The third-order valence-corrected chi connectivity index (χ3v) is 3.40. The third kappa shape index (κ3) is 3.48. The van der Waals surface area contributed by atoms with E-state index in [1.54, 1.807) is 0 Å². The zero-order chi connectivity index (χ0) is 12.1. The summed E-state index contributed by atoms with van der Waals surface area (Å²) in [6, 6.07) is 2.07. The van der Waals surface area contributed by atoms with Crippen molar-refractivity contribution >= 4 is 0 Å². The maximum absolute atomic E-state index is 4.67. The summed E-state index contributed by atoms with van der Waals surface area (Å²) < 4.78 is 0. The highest BCUT2D eigenvalue weighted by atomic mass is 15.1. The lowest BCUT2D eigenvalue weighted by Crippen LogP contribution is -2.29. The molecule has 0 saturated carbocycles. The summed E-state index contributed by atoms with van der Waals surface area (Å²) in [6.45, 7) is 6.19. The van der Waals surface area contributed by atoms with Crippen molar-refractivity contribution in [1.82, 2.24) is 20.2 Å². The molecule has 0 spiro atoms. The molecule has 2 rings (SSSR count). The van der Waals surface area contributed by atoms with Gasteiger partial charge in [-0.3, -0.25) is 0 Å². The van der Waals surface area contributed by atoms with Crippen LogP contribution in [0, 0.1) is 0 Å². The molecule has 0 unspecified atom stereocenters. The van der Waals surface area contributed by atoms with Gasteiger partial charge in [0.1, 0.15) is 5.82 Å². The summed E-state index contributed by atoms with van der Waals surface area (Å²) >= 11 is 0. The topological polar surface area (TPSA) is 41.1 Å². The van der Waals surface area contributed by atoms with Crippen molar-refractivity contribution in [2.45, 2.75) is 32.2 Å². The number of likely N-dealkylation sites (tertiary alicyclic amines) is 1. The maximum Gasteiger partial charge on any atom is 0.142 e. The minimum absolute atomic E-state index is 0.620. The minimum Gasteiger partial charge on any atom is -0.310 e. The highest BCUT2D eigenvalue weighted by Crippen LogP contribution is 2.25. The Hall–Kier alpha value is -1.00. The van der Waals surface area contributed by atoms with Crippen molar-refractivity contribution in [2.24, 2.45) is 0 Å². The quantitative estimate of drug-likeness (QED) is 0.855. The van der Waals surface area contributed by atoms with E-state index in [4.69, 9.17) is 0 Å². The Labute approximate surface area is 103 Å². The van der Waals surface area contributed by atoms with Crippen molar-refractivity contribution in [3.05, 3.63) is 23.8 Å². The van der Waals surface area contributed by atoms with E-state index in [1.165, 1.54) is 31.6 Å². The molecule has 4 nitrogen and oxygen atoms in total. The van der Waals surface area contributed by atoms with Gasteiger partial charge >= 0.3 is 0 Å². The lowest BCUT2D eigenvalue weighted by Gasteiger charge is -2.28. The molecule has 94 valence electrons. The fourth-order valence-corrected chi connectivity index (χ4v) is 2.27. The predicted octanol–water partition coefficient (Wildman–Crippen LogP) is 1.40. The van der Waals surface area contributed by atoms with Gasteiger partial charge in [0.2, 0.25) is 0 Å². The molecule has 0 bridgehead atoms. The van der Waals surface area contributed by atoms with Gasteiger partial charge in [-0.25, -0.2) is 9.97 Å². The number of nitrogens with one attached hydrogen (secondary N) is 1. The monoisotopic (exact) mass is 234 g/mol. The molecule has 0 radical (unpaired) electrons. The number of rotatable bonds is 4. The number of piperidine rings is 1. The Kier molecular flexibility index (Phi) is 4.45. The zero-order valence-electron chi connectivity index (χ0n) is 10.8. The van der Waals surface area contributed by atoms with Crippen LogP contribution < -0.4 is 5.32 Å². The molecule has 1 N–H and O–H groups in total. The molecule has 0 amide bonds. The van der Waals surface area contributed by atoms with Gasteiger partial charge in [0.05, 0.1) is 6.54 Å². The van der Waals surface area contributed by atoms with Gasteiger partial charge in [0, 0.05) is 17.8 Å². The lowest BCUT2D eigenvalue weighted by atomic mass is 9.93. The Morgan fingerprint density at radius 1 is 1.41 bits per heavy atom. The van der Waals surface area contributed by atoms with Gasteiger partial charge in [-0.1, -0.05) is 6.92 Å². The van der Waals surface area contributed by atoms with Crippen LogP contribution in [-0.4, -0.2) is 41.5 Å². The molecule has 1 saturated heterocycles. The maximum atomic E-state index is 4.67. The number of hydrogen-bond acceptors (Lipinski definition) is 4. The lowest BCUT2D eigenvalue weighted by molar-refractivity contribution is 0.253. The molecule has 0 aromatic carbocycles. The highest BCUT2D eigenvalue weighted by Gasteiger charge is 2.19. The van der Waals surface area contributed by atoms with E-state index >= 15 is 0 Å². The van der Waals surface area contributed by atoms with Crippen molar-refractivity contribution in [3.8, 4) is 0 Å². The molecule has 17 heavy (non-hydrogen) atoms. The first-order chi connectivity index (χ1) is 8.29. The Morgan fingerprint density at radius 3 is 2.88 bits per heavy atom. The first kappa shape index (κ1) is 12.5. The highest BCUT2D eigenvalue weighted by molar-refractivity contribution is 5.09. The average molecular weight is 234 g/mol. The van der Waals surface area contributed by atoms with Crippen LogP contribution in [0.1, 0.15) is 37.2 Å². The van der Waals surface area contributed by atoms with Crippen LogP contribution in [0.25, 0.3) is 0 Å². The number of aromatic nitrogens is 2. The van der Waals surface area contributed by atoms with E-state index < -0.39 is 0 Å². The second-order valence-electron chi connectivity index (χ2n) is 4.76. The Balaban J connectivity index is 2.00. The molecule has 1 aromatic rings. The van der Waals surface area contributed by atoms with Crippen molar-refractivity contribution in [2.75, 3.05) is 26.7 Å². The van der Waals surface area contributed by atoms with Crippen LogP contribution in [0.2, 0.25) is 0 Å². The van der Waals surface area contributed by atoms with E-state index in [0.717, 1.165) is 18.9 Å². The van der Waals surface area contributed by atoms with Crippen molar-refractivity contribution < 1.29 is 0 Å². The standard InChI is InChI=1S/C13H22N4/c1-3-14-10-13-15-7-4-12(16-13)11-5-8-17(2)9-6-11/h4,7,11,14H,3,5-6,8-10H2,1-2H3. The van der Waals surface area contributed by atoms with Gasteiger partial charge < -0.3 is 10.2 Å². The molecule has 4 heteroatoms. The Morgan fingerprint density at radius 2 is 2.18 bits per heavy atom. The molecule has 0 atom stereocenters. The first-order valence-electron chi connectivity index (χ1n) is 6.50. The third-order valence-electron chi connectivity index (χ3n) is 3.40. The van der Waals surface area contributed by atoms with Crippen molar-refractivity contribution in [3.63, 3.8) is 0 Å². The normalized spacial score (nSPS) is 18.5. The van der Waals surface area contributed by atoms with Crippen molar-refractivity contribution in [1.29, 1.82) is 0 Å². The summed E-state index contributed by atoms with van der Waals surface area (Å²) in [5.41, 5.74) is 1.22. The van der Waals surface area contributed by atoms with Crippen LogP contribution in [-0.2, 0) is 6.54 Å². The summed E-state index contributed by atoms with van der Waals surface area (Å²) in [5.74, 6) is 1.54. The zero-order valence-corrected chi connectivity index (χ0v) is 10.8. The molecule has 1 aliphatic heterocycles. The van der Waals surface area contributed by atoms with Crippen LogP contribution in [0.3, 0.4) is 0 Å². The molecule has 1 aromatic heterocycles. The fraction of sp³-hybridized carbons (Fsp3) is 0.692. The largest absolute Gasteiger partial charge is 0.310 e. The van der Waals surface area contributed by atoms with Crippen LogP contribution in [0.4, 0.5) is 0 Å². The number of nitrogens with zero attached hydrogens (tertiary/aromatic N) is 3. The van der Waals surface area contributed by atoms with E-state index in [-0.39, 0.29) is 0 Å². The molecule has 2 heterocycles. The van der Waals surface area contributed by atoms with E-state index in [1.807, 2.05) is 6.20 Å². The molecular formula is C13H22N4. The SMILES string of the molecule is CCNCc1nccc(C2CCN(C)CC2)n1. The number of hydrogen-bond donors (Lipinski definition) is 1. The van der Waals surface area contributed by atoms with Gasteiger partial charge in [-0.15, -0.1) is 0 Å². The van der Waals surface area contributed by atoms with E-state index in [9.17, 15) is 0 Å². The minimum atomic E-state index is 0.620. The Bertz CT molecular complexity index is 345. The molecule has 0 aliphatic carbocycles. The summed E-state index contributed by atoms with van der Waals surface area (Å²) in [6.07, 6.45) is 4.33. The first-order valence-corrected chi connectivity index (χ1v) is 6.50. The van der Waals surface area contributed by atoms with Gasteiger partial charge in [-0.05, 0) is 45.6 Å². The second-order valence-corrected chi connectivity index (χ2v) is 4.76. The molecule has 1 aliphatic rings. The smallest absolute Gasteiger partial charge is 0.142 e. The second kappa shape index (κ2) is 6.07. The van der Waals surface area contributed by atoms with E-state index in [2.05, 4.69) is 40.2 Å². The summed E-state index contributed by atoms with van der Waals surface area (Å²) in [5, 5.41) is 3.27. The van der Waals surface area contributed by atoms with Crippen LogP contribution in [0.5, 0.6) is 0 Å².